The molecule has 2 aromatic rings. The molecule has 0 bridgehead atoms. The van der Waals surface area contributed by atoms with Crippen molar-refractivity contribution in [2.45, 2.75) is 25.6 Å². The largest absolute Gasteiger partial charge is 0.497 e. The standard InChI is InChI=1S/C22H24N4O5/c1-13(20(27)23-11-16-5-4-10-31-16)26-12-17-18(21(26)28)19(24-22(29)25(17)2)14-6-8-15(30-3)9-7-14/h4-10,13,19H,11-12H2,1-3H3,(H,23,27)(H,24,29)/t13-,19+/m1/s1. The molecule has 4 amide bonds. The second-order valence-electron chi connectivity index (χ2n) is 7.48. The normalized spacial score (nSPS) is 19.3. The number of carbonyl (C=O) groups excluding carboxylic acids is 3. The van der Waals surface area contributed by atoms with Gasteiger partial charge in [0, 0.05) is 7.05 Å². The van der Waals surface area contributed by atoms with Crippen LogP contribution in [0.3, 0.4) is 0 Å². The fourth-order valence-corrected chi connectivity index (χ4v) is 3.82. The lowest BCUT2D eigenvalue weighted by Crippen LogP contribution is -2.46. The van der Waals surface area contributed by atoms with Crippen LogP contribution in [-0.2, 0) is 16.1 Å². The highest BCUT2D eigenvalue weighted by atomic mass is 16.5. The Hall–Kier alpha value is -3.75. The Morgan fingerprint density at radius 2 is 2.03 bits per heavy atom. The summed E-state index contributed by atoms with van der Waals surface area (Å²) in [6.07, 6.45) is 1.53. The molecule has 2 atom stereocenters. The van der Waals surface area contributed by atoms with Crippen molar-refractivity contribution in [1.29, 1.82) is 0 Å². The molecule has 1 aromatic carbocycles. The molecule has 2 aliphatic heterocycles. The molecule has 162 valence electrons. The van der Waals surface area contributed by atoms with E-state index < -0.39 is 12.1 Å². The van der Waals surface area contributed by atoms with Crippen molar-refractivity contribution in [3.05, 3.63) is 65.3 Å². The number of furan rings is 1. The van der Waals surface area contributed by atoms with Gasteiger partial charge in [0.2, 0.25) is 5.91 Å². The molecule has 31 heavy (non-hydrogen) atoms. The van der Waals surface area contributed by atoms with Crippen molar-refractivity contribution in [3.63, 3.8) is 0 Å². The number of ether oxygens (including phenoxy) is 1. The van der Waals surface area contributed by atoms with Crippen LogP contribution >= 0.6 is 0 Å². The maximum Gasteiger partial charge on any atom is 0.322 e. The van der Waals surface area contributed by atoms with Gasteiger partial charge in [-0.1, -0.05) is 12.1 Å². The van der Waals surface area contributed by atoms with Gasteiger partial charge in [-0.2, -0.15) is 0 Å². The van der Waals surface area contributed by atoms with E-state index in [1.165, 1.54) is 16.1 Å². The topological polar surface area (TPSA) is 104 Å². The van der Waals surface area contributed by atoms with Crippen molar-refractivity contribution >= 4 is 17.8 Å². The van der Waals surface area contributed by atoms with Gasteiger partial charge in [0.1, 0.15) is 17.6 Å². The zero-order chi connectivity index (χ0) is 22.1. The number of nitrogens with zero attached hydrogens (tertiary/aromatic N) is 2. The molecule has 2 aliphatic rings. The molecule has 3 heterocycles. The minimum absolute atomic E-state index is 0.181. The van der Waals surface area contributed by atoms with Crippen molar-refractivity contribution in [2.24, 2.45) is 0 Å². The number of urea groups is 1. The van der Waals surface area contributed by atoms with Crippen LogP contribution in [0.4, 0.5) is 4.79 Å². The van der Waals surface area contributed by atoms with Crippen LogP contribution in [0, 0.1) is 0 Å². The van der Waals surface area contributed by atoms with Crippen molar-refractivity contribution in [3.8, 4) is 5.75 Å². The van der Waals surface area contributed by atoms with E-state index in [0.717, 1.165) is 5.56 Å². The van der Waals surface area contributed by atoms with Gasteiger partial charge in [-0.3, -0.25) is 14.5 Å². The van der Waals surface area contributed by atoms with Gasteiger partial charge in [0.05, 0.1) is 43.8 Å². The number of carbonyl (C=O) groups is 3. The molecular weight excluding hydrogens is 400 g/mol. The zero-order valence-corrected chi connectivity index (χ0v) is 17.5. The third-order valence-electron chi connectivity index (χ3n) is 5.70. The number of nitrogens with one attached hydrogen (secondary N) is 2. The van der Waals surface area contributed by atoms with Gasteiger partial charge in [0.25, 0.3) is 5.91 Å². The van der Waals surface area contributed by atoms with Crippen molar-refractivity contribution in [2.75, 3.05) is 20.7 Å². The Bertz CT molecular complexity index is 1030. The summed E-state index contributed by atoms with van der Waals surface area (Å²) in [5, 5.41) is 5.67. The summed E-state index contributed by atoms with van der Waals surface area (Å²) in [4.78, 5) is 41.5. The quantitative estimate of drug-likeness (QED) is 0.736. The lowest BCUT2D eigenvalue weighted by atomic mass is 9.95. The average molecular weight is 424 g/mol. The Labute approximate surface area is 179 Å². The fraction of sp³-hybridized carbons (Fsp3) is 0.318. The highest BCUT2D eigenvalue weighted by Gasteiger charge is 2.45. The molecule has 9 heteroatoms. The fourth-order valence-electron chi connectivity index (χ4n) is 3.82. The first-order valence-corrected chi connectivity index (χ1v) is 9.93. The summed E-state index contributed by atoms with van der Waals surface area (Å²) in [7, 11) is 3.19. The molecule has 0 spiro atoms. The number of benzene rings is 1. The third-order valence-corrected chi connectivity index (χ3v) is 5.70. The third kappa shape index (κ3) is 3.74. The maximum atomic E-state index is 13.3. The van der Waals surface area contributed by atoms with E-state index >= 15 is 0 Å². The molecule has 1 aromatic heterocycles. The van der Waals surface area contributed by atoms with Crippen LogP contribution in [0.25, 0.3) is 0 Å². The minimum Gasteiger partial charge on any atom is -0.497 e. The second kappa shape index (κ2) is 8.17. The zero-order valence-electron chi connectivity index (χ0n) is 17.5. The summed E-state index contributed by atoms with van der Waals surface area (Å²) in [5.74, 6) is 0.731. The molecular formula is C22H24N4O5. The molecule has 0 unspecified atom stereocenters. The van der Waals surface area contributed by atoms with Crippen LogP contribution in [0.5, 0.6) is 5.75 Å². The monoisotopic (exact) mass is 424 g/mol. The number of likely N-dealkylation sites (N-methyl/N-ethyl adjacent to an activating group) is 1. The van der Waals surface area contributed by atoms with E-state index in [1.54, 1.807) is 45.3 Å². The SMILES string of the molecule is COc1ccc([C@@H]2NC(=O)N(C)C3=C2C(=O)N([C@H](C)C(=O)NCc2ccco2)C3)cc1. The molecule has 0 aliphatic carbocycles. The predicted molar refractivity (Wildman–Crippen MR) is 111 cm³/mol. The van der Waals surface area contributed by atoms with Gasteiger partial charge in [-0.25, -0.2) is 4.79 Å². The summed E-state index contributed by atoms with van der Waals surface area (Å²) in [5.41, 5.74) is 1.83. The Kier molecular flexibility index (Phi) is 5.41. The van der Waals surface area contributed by atoms with Gasteiger partial charge < -0.3 is 24.7 Å². The molecule has 2 N–H and O–H groups in total. The van der Waals surface area contributed by atoms with E-state index in [4.69, 9.17) is 9.15 Å². The van der Waals surface area contributed by atoms with Gasteiger partial charge in [0.15, 0.2) is 0 Å². The number of rotatable bonds is 6. The van der Waals surface area contributed by atoms with Gasteiger partial charge in [-0.05, 0) is 36.8 Å². The minimum atomic E-state index is -0.715. The van der Waals surface area contributed by atoms with Crippen molar-refractivity contribution in [1.82, 2.24) is 20.4 Å². The summed E-state index contributed by atoms with van der Waals surface area (Å²) >= 11 is 0. The van der Waals surface area contributed by atoms with Gasteiger partial charge >= 0.3 is 6.03 Å². The molecule has 0 fully saturated rings. The smallest absolute Gasteiger partial charge is 0.322 e. The van der Waals surface area contributed by atoms with E-state index in [0.29, 0.717) is 22.8 Å². The molecule has 0 saturated heterocycles. The summed E-state index contributed by atoms with van der Waals surface area (Å²) < 4.78 is 10.4. The first-order chi connectivity index (χ1) is 14.9. The lowest BCUT2D eigenvalue weighted by molar-refractivity contribution is -0.135. The number of methoxy groups -OCH3 is 1. The van der Waals surface area contributed by atoms with Crippen LogP contribution in [0.15, 0.2) is 58.3 Å². The van der Waals surface area contributed by atoms with E-state index in [-0.39, 0.29) is 30.9 Å². The Balaban J connectivity index is 1.55. The number of hydrogen-bond donors (Lipinski definition) is 2. The molecule has 0 radical (unpaired) electrons. The van der Waals surface area contributed by atoms with Crippen molar-refractivity contribution < 1.29 is 23.5 Å². The first-order valence-electron chi connectivity index (χ1n) is 9.93. The van der Waals surface area contributed by atoms with Crippen LogP contribution in [-0.4, -0.2) is 54.4 Å². The maximum absolute atomic E-state index is 13.3. The lowest BCUT2D eigenvalue weighted by Gasteiger charge is -2.31. The number of amides is 4. The Morgan fingerprint density at radius 3 is 2.68 bits per heavy atom. The highest BCUT2D eigenvalue weighted by Crippen LogP contribution is 2.36. The molecule has 0 saturated carbocycles. The van der Waals surface area contributed by atoms with Crippen LogP contribution < -0.4 is 15.4 Å². The average Bonchev–Trinajstić information content (AvgIpc) is 3.42. The summed E-state index contributed by atoms with van der Waals surface area (Å²) in [6, 6.07) is 9.08. The predicted octanol–water partition coefficient (Wildman–Crippen LogP) is 1.79. The van der Waals surface area contributed by atoms with Gasteiger partial charge in [-0.15, -0.1) is 0 Å². The number of hydrogen-bond acceptors (Lipinski definition) is 5. The first kappa shape index (κ1) is 20.5. The van der Waals surface area contributed by atoms with E-state index in [2.05, 4.69) is 10.6 Å². The Morgan fingerprint density at radius 1 is 1.29 bits per heavy atom. The van der Waals surface area contributed by atoms with E-state index in [9.17, 15) is 14.4 Å². The molecule has 9 nitrogen and oxygen atoms in total. The highest BCUT2D eigenvalue weighted by molar-refractivity contribution is 6.03. The van der Waals surface area contributed by atoms with Crippen LogP contribution in [0.2, 0.25) is 0 Å². The molecule has 4 rings (SSSR count). The summed E-state index contributed by atoms with van der Waals surface area (Å²) in [6.45, 7) is 2.09. The van der Waals surface area contributed by atoms with E-state index in [1.807, 2.05) is 12.1 Å². The van der Waals surface area contributed by atoms with Crippen LogP contribution in [0.1, 0.15) is 24.3 Å². The second-order valence-corrected chi connectivity index (χ2v) is 7.48.